The van der Waals surface area contributed by atoms with Crippen LogP contribution in [0.25, 0.3) is 0 Å². The molecule has 0 saturated carbocycles. The van der Waals surface area contributed by atoms with Gasteiger partial charge in [-0.3, -0.25) is 9.59 Å². The molecule has 0 fully saturated rings. The molecule has 1 aliphatic heterocycles. The Hall–Kier alpha value is -3.81. The van der Waals surface area contributed by atoms with Gasteiger partial charge < -0.3 is 14.4 Å². The van der Waals surface area contributed by atoms with Gasteiger partial charge in [-0.05, 0) is 60.9 Å². The van der Waals surface area contributed by atoms with Crippen molar-refractivity contribution in [2.75, 3.05) is 18.1 Å². The molecule has 1 heterocycles. The molecule has 0 saturated heterocycles. The number of anilines is 1. The number of fused-ring (bicyclic) bond motifs is 1. The number of aryl methyl sites for hydroxylation is 1. The first kappa shape index (κ1) is 25.3. The smallest absolute Gasteiger partial charge is 0.416 e. The fourth-order valence-electron chi connectivity index (χ4n) is 4.18. The molecule has 1 aliphatic rings. The largest absolute Gasteiger partial charge is 0.493 e. The van der Waals surface area contributed by atoms with Crippen LogP contribution >= 0.6 is 0 Å². The molecule has 5 nitrogen and oxygen atoms in total. The third kappa shape index (κ3) is 5.87. The molecule has 188 valence electrons. The Labute approximate surface area is 207 Å². The number of hydrogen-bond donors (Lipinski definition) is 0. The summed E-state index contributed by atoms with van der Waals surface area (Å²) in [7, 11) is 0. The zero-order valence-corrected chi connectivity index (χ0v) is 19.8. The fraction of sp³-hybridized carbons (Fsp3) is 0.286. The minimum atomic E-state index is -4.43. The van der Waals surface area contributed by atoms with E-state index in [0.29, 0.717) is 55.0 Å². The van der Waals surface area contributed by atoms with Crippen molar-refractivity contribution in [2.24, 2.45) is 0 Å². The van der Waals surface area contributed by atoms with E-state index in [4.69, 9.17) is 9.47 Å². The van der Waals surface area contributed by atoms with Crippen LogP contribution in [-0.2, 0) is 35.1 Å². The number of benzene rings is 3. The summed E-state index contributed by atoms with van der Waals surface area (Å²) < 4.78 is 49.7. The van der Waals surface area contributed by atoms with Crippen LogP contribution in [-0.4, -0.2) is 25.1 Å². The Morgan fingerprint density at radius 3 is 2.36 bits per heavy atom. The maximum absolute atomic E-state index is 12.9. The summed E-state index contributed by atoms with van der Waals surface area (Å²) in [6.07, 6.45) is -2.87. The minimum Gasteiger partial charge on any atom is -0.493 e. The van der Waals surface area contributed by atoms with Crippen LogP contribution < -0.4 is 9.64 Å². The van der Waals surface area contributed by atoms with E-state index in [0.717, 1.165) is 23.3 Å². The Bertz CT molecular complexity index is 1240. The van der Waals surface area contributed by atoms with E-state index in [-0.39, 0.29) is 18.4 Å². The molecule has 3 aromatic carbocycles. The van der Waals surface area contributed by atoms with Gasteiger partial charge >= 0.3 is 12.1 Å². The summed E-state index contributed by atoms with van der Waals surface area (Å²) in [5, 5.41) is 0. The van der Waals surface area contributed by atoms with Crippen molar-refractivity contribution < 1.29 is 32.2 Å². The second-order valence-electron chi connectivity index (χ2n) is 8.44. The Balaban J connectivity index is 1.38. The van der Waals surface area contributed by atoms with Gasteiger partial charge in [0, 0.05) is 29.7 Å². The summed E-state index contributed by atoms with van der Waals surface area (Å²) in [4.78, 5) is 26.0. The predicted octanol–water partition coefficient (Wildman–Crippen LogP) is 5.98. The van der Waals surface area contributed by atoms with E-state index in [1.165, 1.54) is 17.0 Å². The maximum atomic E-state index is 12.9. The number of carbonyl (C=O) groups excluding carboxylic acids is 2. The van der Waals surface area contributed by atoms with Crippen molar-refractivity contribution >= 4 is 17.6 Å². The van der Waals surface area contributed by atoms with Gasteiger partial charge in [-0.1, -0.05) is 30.3 Å². The van der Waals surface area contributed by atoms with Gasteiger partial charge in [0.2, 0.25) is 0 Å². The number of nitrogens with zero attached hydrogens (tertiary/aromatic N) is 1. The van der Waals surface area contributed by atoms with Gasteiger partial charge in [0.25, 0.3) is 5.91 Å². The van der Waals surface area contributed by atoms with Crippen LogP contribution in [0.1, 0.15) is 46.0 Å². The number of ether oxygens (including phenoxy) is 2. The van der Waals surface area contributed by atoms with Crippen molar-refractivity contribution in [3.63, 3.8) is 0 Å². The lowest BCUT2D eigenvalue weighted by Gasteiger charge is -2.17. The first-order valence-corrected chi connectivity index (χ1v) is 11.7. The van der Waals surface area contributed by atoms with Crippen molar-refractivity contribution in [2.45, 2.75) is 38.9 Å². The van der Waals surface area contributed by atoms with Gasteiger partial charge in [-0.2, -0.15) is 13.2 Å². The number of alkyl halides is 3. The van der Waals surface area contributed by atoms with Gasteiger partial charge in [0.05, 0.1) is 25.3 Å². The van der Waals surface area contributed by atoms with Gasteiger partial charge in [0.1, 0.15) is 5.75 Å². The molecule has 0 N–H and O–H groups in total. The predicted molar refractivity (Wildman–Crippen MR) is 129 cm³/mol. The average Bonchev–Trinajstić information content (AvgIpc) is 3.20. The molecule has 0 radical (unpaired) electrons. The topological polar surface area (TPSA) is 55.8 Å². The Morgan fingerprint density at radius 1 is 0.972 bits per heavy atom. The van der Waals surface area contributed by atoms with Crippen LogP contribution in [0.4, 0.5) is 18.9 Å². The third-order valence-corrected chi connectivity index (χ3v) is 5.99. The van der Waals surface area contributed by atoms with Crippen molar-refractivity contribution in [3.8, 4) is 5.75 Å². The number of rotatable bonds is 9. The molecular formula is C28H26F3NO4. The summed E-state index contributed by atoms with van der Waals surface area (Å²) in [5.74, 6) is 0.0855. The third-order valence-electron chi connectivity index (χ3n) is 5.99. The Morgan fingerprint density at radius 2 is 1.67 bits per heavy atom. The summed E-state index contributed by atoms with van der Waals surface area (Å²) in [6.45, 7) is 2.75. The number of amides is 1. The molecule has 0 bridgehead atoms. The fourth-order valence-corrected chi connectivity index (χ4v) is 4.18. The van der Waals surface area contributed by atoms with E-state index >= 15 is 0 Å². The molecule has 1 amide bonds. The lowest BCUT2D eigenvalue weighted by molar-refractivity contribution is -0.143. The van der Waals surface area contributed by atoms with Crippen LogP contribution in [0.5, 0.6) is 5.75 Å². The molecule has 4 rings (SSSR count). The van der Waals surface area contributed by atoms with Crippen LogP contribution in [0, 0.1) is 0 Å². The summed E-state index contributed by atoms with van der Waals surface area (Å²) in [5.41, 5.74) is 2.93. The summed E-state index contributed by atoms with van der Waals surface area (Å²) in [6, 6.07) is 17.7. The minimum absolute atomic E-state index is 0.218. The molecular weight excluding hydrogens is 471 g/mol. The number of hydrogen-bond acceptors (Lipinski definition) is 4. The maximum Gasteiger partial charge on any atom is 0.416 e. The number of carbonyl (C=O) groups is 2. The second-order valence-corrected chi connectivity index (χ2v) is 8.44. The lowest BCUT2D eigenvalue weighted by atomic mass is 10.0. The molecule has 36 heavy (non-hydrogen) atoms. The highest BCUT2D eigenvalue weighted by Crippen LogP contribution is 2.36. The molecule has 0 aromatic heterocycles. The van der Waals surface area contributed by atoms with E-state index in [1.807, 2.05) is 24.3 Å². The SMILES string of the molecule is CCOC(=O)CCc1cccc(CCOc2cccc3c2CN(c2ccc(C(F)(F)F)cc2)C3=O)c1. The van der Waals surface area contributed by atoms with E-state index in [1.54, 1.807) is 25.1 Å². The van der Waals surface area contributed by atoms with Crippen molar-refractivity contribution in [1.29, 1.82) is 0 Å². The number of halogens is 3. The standard InChI is InChI=1S/C28H26F3NO4/c1-2-35-26(33)14-9-19-5-3-6-20(17-19)15-16-36-25-8-4-7-23-24(25)18-32(27(23)34)22-12-10-21(11-13-22)28(29,30)31/h3-8,10-13,17H,2,9,14-16,18H2,1H3. The van der Waals surface area contributed by atoms with E-state index in [2.05, 4.69) is 0 Å². The zero-order chi connectivity index (χ0) is 25.7. The Kier molecular flexibility index (Phi) is 7.62. The lowest BCUT2D eigenvalue weighted by Crippen LogP contribution is -2.23. The molecule has 0 atom stereocenters. The van der Waals surface area contributed by atoms with E-state index in [9.17, 15) is 22.8 Å². The van der Waals surface area contributed by atoms with Crippen molar-refractivity contribution in [3.05, 3.63) is 94.5 Å². The van der Waals surface area contributed by atoms with Gasteiger partial charge in [-0.15, -0.1) is 0 Å². The van der Waals surface area contributed by atoms with E-state index < -0.39 is 11.7 Å². The summed E-state index contributed by atoms with van der Waals surface area (Å²) >= 11 is 0. The average molecular weight is 498 g/mol. The molecule has 0 spiro atoms. The van der Waals surface area contributed by atoms with Gasteiger partial charge in [-0.25, -0.2) is 0 Å². The zero-order valence-electron chi connectivity index (χ0n) is 19.8. The van der Waals surface area contributed by atoms with Crippen LogP contribution in [0.2, 0.25) is 0 Å². The molecule has 0 aliphatic carbocycles. The first-order valence-electron chi connectivity index (χ1n) is 11.7. The van der Waals surface area contributed by atoms with Crippen LogP contribution in [0.15, 0.2) is 66.7 Å². The molecule has 0 unspecified atom stereocenters. The quantitative estimate of drug-likeness (QED) is 0.341. The highest BCUT2D eigenvalue weighted by Gasteiger charge is 2.33. The molecule has 8 heteroatoms. The second kappa shape index (κ2) is 10.8. The normalized spacial score (nSPS) is 13.0. The highest BCUT2D eigenvalue weighted by atomic mass is 19.4. The molecule has 3 aromatic rings. The van der Waals surface area contributed by atoms with Crippen molar-refractivity contribution in [1.82, 2.24) is 0 Å². The van der Waals surface area contributed by atoms with Gasteiger partial charge in [0.15, 0.2) is 0 Å². The van der Waals surface area contributed by atoms with Crippen LogP contribution in [0.3, 0.4) is 0 Å². The first-order chi connectivity index (χ1) is 17.3. The monoisotopic (exact) mass is 497 g/mol. The highest BCUT2D eigenvalue weighted by molar-refractivity contribution is 6.10. The number of esters is 1.